The summed E-state index contributed by atoms with van der Waals surface area (Å²) >= 11 is 0. The van der Waals surface area contributed by atoms with Gasteiger partial charge in [-0.2, -0.15) is 0 Å². The van der Waals surface area contributed by atoms with E-state index in [1.54, 1.807) is 25.2 Å². The van der Waals surface area contributed by atoms with Gasteiger partial charge in [-0.3, -0.25) is 4.99 Å². The van der Waals surface area contributed by atoms with Gasteiger partial charge in [0.1, 0.15) is 0 Å². The lowest BCUT2D eigenvalue weighted by molar-refractivity contribution is 0.225. The van der Waals surface area contributed by atoms with Crippen LogP contribution in [0.15, 0.2) is 41.1 Å². The SMILES string of the molecule is C=C/C(C)=C(\C=C/C)N=C(C)C(F)F. The number of allylic oxidation sites excluding steroid dienone is 4. The van der Waals surface area contributed by atoms with Gasteiger partial charge in [0.15, 0.2) is 0 Å². The average molecular weight is 199 g/mol. The molecule has 0 fully saturated rings. The molecule has 0 aromatic rings. The van der Waals surface area contributed by atoms with Crippen molar-refractivity contribution in [2.45, 2.75) is 27.2 Å². The van der Waals surface area contributed by atoms with Crippen LogP contribution in [0.1, 0.15) is 20.8 Å². The van der Waals surface area contributed by atoms with E-state index in [2.05, 4.69) is 11.6 Å². The minimum Gasteiger partial charge on any atom is -0.252 e. The van der Waals surface area contributed by atoms with Gasteiger partial charge in [0.2, 0.25) is 0 Å². The first-order valence-electron chi connectivity index (χ1n) is 4.32. The predicted octanol–water partition coefficient (Wildman–Crippen LogP) is 3.75. The molecule has 0 heterocycles. The van der Waals surface area contributed by atoms with Gasteiger partial charge < -0.3 is 0 Å². The predicted molar refractivity (Wildman–Crippen MR) is 56.8 cm³/mol. The van der Waals surface area contributed by atoms with Gasteiger partial charge in [0.25, 0.3) is 6.43 Å². The fraction of sp³-hybridized carbons (Fsp3) is 0.364. The van der Waals surface area contributed by atoms with Crippen LogP contribution in [0.4, 0.5) is 8.78 Å². The first-order chi connectivity index (χ1) is 6.52. The molecular formula is C11H15F2N. The molecule has 3 heteroatoms. The zero-order chi connectivity index (χ0) is 11.1. The highest BCUT2D eigenvalue weighted by Crippen LogP contribution is 2.11. The van der Waals surface area contributed by atoms with Crippen molar-refractivity contribution in [2.75, 3.05) is 0 Å². The van der Waals surface area contributed by atoms with Crippen molar-refractivity contribution in [1.29, 1.82) is 0 Å². The smallest absolute Gasteiger partial charge is 0.252 e. The number of alkyl halides is 2. The van der Waals surface area contributed by atoms with E-state index in [1.165, 1.54) is 6.92 Å². The summed E-state index contributed by atoms with van der Waals surface area (Å²) in [5.74, 6) is 0. The van der Waals surface area contributed by atoms with Crippen LogP contribution in [-0.2, 0) is 0 Å². The van der Waals surface area contributed by atoms with Crippen molar-refractivity contribution in [3.63, 3.8) is 0 Å². The standard InChI is InChI=1S/C11H15F2N/c1-5-7-10(8(3)6-2)14-9(4)11(12)13/h5-7,11H,2H2,1,3-4H3/b7-5-,10-8+,14-9?. The van der Waals surface area contributed by atoms with Crippen LogP contribution < -0.4 is 0 Å². The number of hydrogen-bond acceptors (Lipinski definition) is 1. The van der Waals surface area contributed by atoms with Crippen molar-refractivity contribution >= 4 is 5.71 Å². The summed E-state index contributed by atoms with van der Waals surface area (Å²) in [4.78, 5) is 3.82. The molecule has 0 rings (SSSR count). The van der Waals surface area contributed by atoms with E-state index < -0.39 is 6.43 Å². The lowest BCUT2D eigenvalue weighted by Crippen LogP contribution is -2.05. The highest BCUT2D eigenvalue weighted by Gasteiger charge is 2.07. The molecule has 0 aromatic heterocycles. The molecule has 0 radical (unpaired) electrons. The second-order valence-electron chi connectivity index (χ2n) is 2.83. The number of halogens is 2. The third-order valence-corrected chi connectivity index (χ3v) is 1.65. The molecule has 0 aliphatic carbocycles. The first kappa shape index (κ1) is 12.8. The minimum atomic E-state index is -2.51. The van der Waals surface area contributed by atoms with Crippen LogP contribution in [-0.4, -0.2) is 12.1 Å². The second-order valence-corrected chi connectivity index (χ2v) is 2.83. The molecule has 0 amide bonds. The fourth-order valence-electron chi connectivity index (χ4n) is 0.758. The second kappa shape index (κ2) is 6.24. The Morgan fingerprint density at radius 1 is 1.36 bits per heavy atom. The Morgan fingerprint density at radius 2 is 1.93 bits per heavy atom. The largest absolute Gasteiger partial charge is 0.276 e. The number of nitrogens with zero attached hydrogens (tertiary/aromatic N) is 1. The summed E-state index contributed by atoms with van der Waals surface area (Å²) in [5.41, 5.74) is 1.13. The van der Waals surface area contributed by atoms with Crippen LogP contribution >= 0.6 is 0 Å². The zero-order valence-electron chi connectivity index (χ0n) is 8.72. The van der Waals surface area contributed by atoms with Crippen LogP contribution in [0.25, 0.3) is 0 Å². The van der Waals surface area contributed by atoms with Gasteiger partial charge in [-0.25, -0.2) is 8.78 Å². The summed E-state index contributed by atoms with van der Waals surface area (Å²) in [6.45, 7) is 8.47. The first-order valence-corrected chi connectivity index (χ1v) is 4.32. The van der Waals surface area contributed by atoms with Gasteiger partial charge in [0, 0.05) is 0 Å². The van der Waals surface area contributed by atoms with E-state index in [9.17, 15) is 8.78 Å². The Balaban J connectivity index is 5.06. The van der Waals surface area contributed by atoms with Gasteiger partial charge in [0.05, 0.1) is 11.4 Å². The van der Waals surface area contributed by atoms with Crippen LogP contribution in [0.5, 0.6) is 0 Å². The summed E-state index contributed by atoms with van der Waals surface area (Å²) in [6, 6.07) is 0. The Bertz CT molecular complexity index is 286. The lowest BCUT2D eigenvalue weighted by atomic mass is 10.2. The molecule has 0 aliphatic rings. The molecule has 0 N–H and O–H groups in total. The maximum absolute atomic E-state index is 12.2. The van der Waals surface area contributed by atoms with Gasteiger partial charge in [-0.15, -0.1) is 0 Å². The van der Waals surface area contributed by atoms with Crippen molar-refractivity contribution in [2.24, 2.45) is 4.99 Å². The topological polar surface area (TPSA) is 12.4 Å². The fourth-order valence-corrected chi connectivity index (χ4v) is 0.758. The average Bonchev–Trinajstić information content (AvgIpc) is 2.15. The highest BCUT2D eigenvalue weighted by atomic mass is 19.3. The molecule has 0 unspecified atom stereocenters. The zero-order valence-corrected chi connectivity index (χ0v) is 8.72. The number of hydrogen-bond donors (Lipinski definition) is 0. The van der Waals surface area contributed by atoms with E-state index in [-0.39, 0.29) is 5.71 Å². The van der Waals surface area contributed by atoms with Crippen LogP contribution in [0, 0.1) is 0 Å². The molecule has 1 nitrogen and oxygen atoms in total. The summed E-state index contributed by atoms with van der Waals surface area (Å²) < 4.78 is 24.4. The molecule has 0 aromatic carbocycles. The monoisotopic (exact) mass is 199 g/mol. The van der Waals surface area contributed by atoms with Gasteiger partial charge >= 0.3 is 0 Å². The Kier molecular flexibility index (Phi) is 5.68. The van der Waals surface area contributed by atoms with Crippen molar-refractivity contribution in [3.05, 3.63) is 36.1 Å². The Labute approximate surface area is 83.5 Å². The Morgan fingerprint density at radius 3 is 2.29 bits per heavy atom. The molecule has 0 saturated heterocycles. The normalized spacial score (nSPS) is 14.9. The summed E-state index contributed by atoms with van der Waals surface area (Å²) in [6.07, 6.45) is 2.53. The molecular weight excluding hydrogens is 184 g/mol. The quantitative estimate of drug-likeness (QED) is 0.483. The molecule has 14 heavy (non-hydrogen) atoms. The summed E-state index contributed by atoms with van der Waals surface area (Å²) in [7, 11) is 0. The van der Waals surface area contributed by atoms with E-state index in [1.807, 2.05) is 6.92 Å². The summed E-state index contributed by atoms with van der Waals surface area (Å²) in [5, 5.41) is 0. The van der Waals surface area contributed by atoms with Crippen molar-refractivity contribution < 1.29 is 8.78 Å². The van der Waals surface area contributed by atoms with Crippen molar-refractivity contribution in [1.82, 2.24) is 0 Å². The molecule has 0 bridgehead atoms. The maximum atomic E-state index is 12.2. The van der Waals surface area contributed by atoms with Gasteiger partial charge in [-0.05, 0) is 32.4 Å². The van der Waals surface area contributed by atoms with E-state index in [4.69, 9.17) is 0 Å². The minimum absolute atomic E-state index is 0.181. The number of rotatable bonds is 4. The maximum Gasteiger partial charge on any atom is 0.276 e. The van der Waals surface area contributed by atoms with E-state index in [0.29, 0.717) is 5.70 Å². The molecule has 0 saturated carbocycles. The van der Waals surface area contributed by atoms with Gasteiger partial charge in [-0.1, -0.05) is 18.7 Å². The number of aliphatic imine (C=N–C) groups is 1. The van der Waals surface area contributed by atoms with Crippen LogP contribution in [0.2, 0.25) is 0 Å². The highest BCUT2D eigenvalue weighted by molar-refractivity contribution is 5.86. The van der Waals surface area contributed by atoms with E-state index >= 15 is 0 Å². The Hall–Kier alpha value is -1.25. The molecule has 0 aliphatic heterocycles. The molecule has 78 valence electrons. The lowest BCUT2D eigenvalue weighted by Gasteiger charge is -2.02. The van der Waals surface area contributed by atoms with Crippen molar-refractivity contribution in [3.8, 4) is 0 Å². The van der Waals surface area contributed by atoms with Crippen LogP contribution in [0.3, 0.4) is 0 Å². The third-order valence-electron chi connectivity index (χ3n) is 1.65. The molecule has 0 atom stereocenters. The van der Waals surface area contributed by atoms with E-state index in [0.717, 1.165) is 5.57 Å². The third kappa shape index (κ3) is 4.12. The molecule has 0 spiro atoms.